The molecule has 0 spiro atoms. The van der Waals surface area contributed by atoms with Gasteiger partial charge in [0.25, 0.3) is 0 Å². The molecule has 1 aliphatic rings. The molecule has 0 unspecified atom stereocenters. The van der Waals surface area contributed by atoms with Gasteiger partial charge in [0.1, 0.15) is 0 Å². The van der Waals surface area contributed by atoms with E-state index in [2.05, 4.69) is 29.3 Å². The first-order chi connectivity index (χ1) is 12.5. The number of carbonyl (C=O) groups excluding carboxylic acids is 2. The number of hydrogen-bond donors (Lipinski definition) is 2. The highest BCUT2D eigenvalue weighted by Crippen LogP contribution is 2.31. The van der Waals surface area contributed by atoms with Crippen LogP contribution in [0.1, 0.15) is 18.9 Å². The standard InChI is InChI=1S/C20H23N3O2S/c1-14-10-11-15-6-2-4-8-17(15)23(14)12-20(25)22-16-7-3-5-9-18(16)26-13-19(21)24/h2-9,14H,10-13H2,1H3,(H2,21,24)(H,22,25)/t14-/m1/s1. The topological polar surface area (TPSA) is 75.4 Å². The predicted octanol–water partition coefficient (Wildman–Crippen LogP) is 3.04. The molecular formula is C20H23N3O2S. The molecule has 6 heteroatoms. The minimum atomic E-state index is -0.380. The van der Waals surface area contributed by atoms with Crippen molar-refractivity contribution in [3.63, 3.8) is 0 Å². The number of carbonyl (C=O) groups is 2. The van der Waals surface area contributed by atoms with E-state index < -0.39 is 0 Å². The van der Waals surface area contributed by atoms with Crippen molar-refractivity contribution in [1.29, 1.82) is 0 Å². The number of para-hydroxylation sites is 2. The molecule has 0 aliphatic carbocycles. The Morgan fingerprint density at radius 1 is 1.19 bits per heavy atom. The van der Waals surface area contributed by atoms with Gasteiger partial charge in [0, 0.05) is 16.6 Å². The van der Waals surface area contributed by atoms with Crippen LogP contribution in [0.5, 0.6) is 0 Å². The number of nitrogens with zero attached hydrogens (tertiary/aromatic N) is 1. The molecule has 0 aromatic heterocycles. The molecule has 0 bridgehead atoms. The molecule has 0 saturated heterocycles. The normalized spacial score (nSPS) is 16.0. The smallest absolute Gasteiger partial charge is 0.243 e. The molecule has 26 heavy (non-hydrogen) atoms. The van der Waals surface area contributed by atoms with Crippen molar-refractivity contribution < 1.29 is 9.59 Å². The lowest BCUT2D eigenvalue weighted by atomic mass is 9.96. The number of nitrogens with one attached hydrogen (secondary N) is 1. The number of hydrogen-bond acceptors (Lipinski definition) is 4. The van der Waals surface area contributed by atoms with E-state index in [0.717, 1.165) is 23.4 Å². The quantitative estimate of drug-likeness (QED) is 0.768. The van der Waals surface area contributed by atoms with Crippen LogP contribution in [0.15, 0.2) is 53.4 Å². The van der Waals surface area contributed by atoms with Gasteiger partial charge in [-0.25, -0.2) is 0 Å². The summed E-state index contributed by atoms with van der Waals surface area (Å²) in [7, 11) is 0. The molecule has 5 nitrogen and oxygen atoms in total. The van der Waals surface area contributed by atoms with Gasteiger partial charge in [0.05, 0.1) is 18.0 Å². The van der Waals surface area contributed by atoms with E-state index in [1.807, 2.05) is 36.4 Å². The van der Waals surface area contributed by atoms with Gasteiger partial charge in [-0.1, -0.05) is 30.3 Å². The molecule has 3 rings (SSSR count). The Balaban J connectivity index is 1.71. The van der Waals surface area contributed by atoms with Crippen molar-refractivity contribution >= 4 is 35.0 Å². The van der Waals surface area contributed by atoms with Crippen LogP contribution in [0.25, 0.3) is 0 Å². The SMILES string of the molecule is C[C@@H]1CCc2ccccc2N1CC(=O)Nc1ccccc1SCC(N)=O. The van der Waals surface area contributed by atoms with Crippen molar-refractivity contribution in [3.8, 4) is 0 Å². The largest absolute Gasteiger partial charge is 0.369 e. The average Bonchev–Trinajstić information content (AvgIpc) is 2.63. The summed E-state index contributed by atoms with van der Waals surface area (Å²) in [5, 5.41) is 2.98. The number of aryl methyl sites for hydroxylation is 1. The Labute approximate surface area is 157 Å². The fourth-order valence-electron chi connectivity index (χ4n) is 3.19. The minimum absolute atomic E-state index is 0.0688. The molecule has 2 aromatic rings. The fourth-order valence-corrected chi connectivity index (χ4v) is 3.94. The Morgan fingerprint density at radius 2 is 1.92 bits per heavy atom. The molecule has 2 amide bonds. The third kappa shape index (κ3) is 4.38. The lowest BCUT2D eigenvalue weighted by Crippen LogP contribution is -2.42. The van der Waals surface area contributed by atoms with Crippen molar-refractivity contribution in [1.82, 2.24) is 0 Å². The Kier molecular flexibility index (Phi) is 5.83. The number of thioether (sulfide) groups is 1. The van der Waals surface area contributed by atoms with Gasteiger partial charge in [-0.15, -0.1) is 11.8 Å². The Morgan fingerprint density at radius 3 is 2.73 bits per heavy atom. The molecule has 0 radical (unpaired) electrons. The summed E-state index contributed by atoms with van der Waals surface area (Å²) in [4.78, 5) is 26.7. The van der Waals surface area contributed by atoms with Crippen LogP contribution < -0.4 is 16.0 Å². The second kappa shape index (κ2) is 8.27. The highest BCUT2D eigenvalue weighted by Gasteiger charge is 2.24. The number of benzene rings is 2. The van der Waals surface area contributed by atoms with E-state index in [1.54, 1.807) is 0 Å². The first kappa shape index (κ1) is 18.3. The number of anilines is 2. The van der Waals surface area contributed by atoms with Gasteiger partial charge in [-0.3, -0.25) is 9.59 Å². The highest BCUT2D eigenvalue weighted by molar-refractivity contribution is 8.00. The molecule has 1 aliphatic heterocycles. The molecule has 1 heterocycles. The van der Waals surface area contributed by atoms with Crippen LogP contribution in [0.4, 0.5) is 11.4 Å². The highest BCUT2D eigenvalue weighted by atomic mass is 32.2. The molecule has 136 valence electrons. The van der Waals surface area contributed by atoms with Gasteiger partial charge in [-0.2, -0.15) is 0 Å². The maximum absolute atomic E-state index is 12.7. The molecule has 1 atom stereocenters. The molecule has 2 aromatic carbocycles. The molecule has 3 N–H and O–H groups in total. The second-order valence-corrected chi connectivity index (χ2v) is 7.46. The predicted molar refractivity (Wildman–Crippen MR) is 107 cm³/mol. The number of amides is 2. The van der Waals surface area contributed by atoms with Crippen molar-refractivity contribution in [2.45, 2.75) is 30.7 Å². The molecule has 0 fully saturated rings. The summed E-state index contributed by atoms with van der Waals surface area (Å²) in [6, 6.07) is 16.0. The zero-order valence-corrected chi connectivity index (χ0v) is 15.6. The first-order valence-electron chi connectivity index (χ1n) is 8.69. The van der Waals surface area contributed by atoms with Crippen LogP contribution in [0.2, 0.25) is 0 Å². The fraction of sp³-hybridized carbons (Fsp3) is 0.300. The van der Waals surface area contributed by atoms with Gasteiger partial charge in [0.15, 0.2) is 0 Å². The van der Waals surface area contributed by atoms with Gasteiger partial charge < -0.3 is 16.0 Å². The Bertz CT molecular complexity index is 809. The summed E-state index contributed by atoms with van der Waals surface area (Å²) in [6.07, 6.45) is 2.08. The second-order valence-electron chi connectivity index (χ2n) is 6.44. The van der Waals surface area contributed by atoms with E-state index in [1.165, 1.54) is 17.3 Å². The van der Waals surface area contributed by atoms with E-state index in [9.17, 15) is 9.59 Å². The number of nitrogens with two attached hydrogens (primary N) is 1. The van der Waals surface area contributed by atoms with Crippen LogP contribution in [0, 0.1) is 0 Å². The average molecular weight is 369 g/mol. The van der Waals surface area contributed by atoms with E-state index >= 15 is 0 Å². The van der Waals surface area contributed by atoms with E-state index in [4.69, 9.17) is 5.73 Å². The van der Waals surface area contributed by atoms with Crippen molar-refractivity contribution in [3.05, 3.63) is 54.1 Å². The van der Waals surface area contributed by atoms with Gasteiger partial charge >= 0.3 is 0 Å². The Hall–Kier alpha value is -2.47. The lowest BCUT2D eigenvalue weighted by Gasteiger charge is -2.36. The van der Waals surface area contributed by atoms with E-state index in [0.29, 0.717) is 18.3 Å². The number of fused-ring (bicyclic) bond motifs is 1. The van der Waals surface area contributed by atoms with Crippen LogP contribution in [-0.2, 0) is 16.0 Å². The summed E-state index contributed by atoms with van der Waals surface area (Å²) < 4.78 is 0. The summed E-state index contributed by atoms with van der Waals surface area (Å²) in [6.45, 7) is 2.45. The zero-order valence-electron chi connectivity index (χ0n) is 14.8. The van der Waals surface area contributed by atoms with Crippen molar-refractivity contribution in [2.75, 3.05) is 22.5 Å². The monoisotopic (exact) mass is 369 g/mol. The maximum atomic E-state index is 12.7. The third-order valence-corrected chi connectivity index (χ3v) is 5.61. The number of primary amides is 1. The van der Waals surface area contributed by atoms with Crippen LogP contribution >= 0.6 is 11.8 Å². The number of rotatable bonds is 6. The summed E-state index contributed by atoms with van der Waals surface area (Å²) >= 11 is 1.33. The molecule has 0 saturated carbocycles. The molecular weight excluding hydrogens is 346 g/mol. The summed E-state index contributed by atoms with van der Waals surface area (Å²) in [5.41, 5.74) is 8.36. The minimum Gasteiger partial charge on any atom is -0.369 e. The van der Waals surface area contributed by atoms with Crippen molar-refractivity contribution in [2.24, 2.45) is 5.73 Å². The maximum Gasteiger partial charge on any atom is 0.243 e. The lowest BCUT2D eigenvalue weighted by molar-refractivity contribution is -0.116. The zero-order chi connectivity index (χ0) is 18.5. The van der Waals surface area contributed by atoms with Gasteiger partial charge in [0.2, 0.25) is 11.8 Å². The summed E-state index contributed by atoms with van der Waals surface area (Å²) in [5.74, 6) is -0.265. The van der Waals surface area contributed by atoms with Crippen LogP contribution in [0.3, 0.4) is 0 Å². The van der Waals surface area contributed by atoms with E-state index in [-0.39, 0.29) is 17.6 Å². The third-order valence-electron chi connectivity index (χ3n) is 4.51. The van der Waals surface area contributed by atoms with Crippen LogP contribution in [-0.4, -0.2) is 30.2 Å². The first-order valence-corrected chi connectivity index (χ1v) is 9.67. The van der Waals surface area contributed by atoms with Gasteiger partial charge in [-0.05, 0) is 43.5 Å².